The Bertz CT molecular complexity index is 480. The zero-order chi connectivity index (χ0) is 16.0. The molecule has 6 heteroatoms. The Hall–Kier alpha value is -0.970. The Balaban J connectivity index is 2.76. The van der Waals surface area contributed by atoms with Gasteiger partial charge in [-0.15, -0.1) is 0 Å². The van der Waals surface area contributed by atoms with Gasteiger partial charge in [0.25, 0.3) is 5.91 Å². The molecule has 1 aromatic carbocycles. The average Bonchev–Trinajstić information content (AvgIpc) is 2.41. The second kappa shape index (κ2) is 8.47. The summed E-state index contributed by atoms with van der Waals surface area (Å²) in [7, 11) is 0. The molecule has 0 saturated heterocycles. The molecule has 118 valence electrons. The van der Waals surface area contributed by atoms with Crippen molar-refractivity contribution in [3.8, 4) is 5.75 Å². The number of hydrogen-bond acceptors (Lipinski definition) is 3. The summed E-state index contributed by atoms with van der Waals surface area (Å²) in [6, 6.07) is 4.91. The molecule has 1 unspecified atom stereocenters. The first-order chi connectivity index (χ1) is 9.86. The Kier molecular flexibility index (Phi) is 7.29. The van der Waals surface area contributed by atoms with Crippen LogP contribution >= 0.6 is 23.2 Å². The fourth-order valence-electron chi connectivity index (χ4n) is 1.91. The molecule has 0 bridgehead atoms. The Morgan fingerprint density at radius 3 is 2.52 bits per heavy atom. The lowest BCUT2D eigenvalue weighted by Gasteiger charge is -2.29. The van der Waals surface area contributed by atoms with Crippen LogP contribution in [0, 0.1) is 0 Å². The summed E-state index contributed by atoms with van der Waals surface area (Å²) >= 11 is 11.9. The zero-order valence-electron chi connectivity index (χ0n) is 12.5. The van der Waals surface area contributed by atoms with Gasteiger partial charge in [-0.1, -0.05) is 23.2 Å². The van der Waals surface area contributed by atoms with E-state index in [1.807, 2.05) is 13.8 Å². The van der Waals surface area contributed by atoms with Gasteiger partial charge in [-0.3, -0.25) is 4.79 Å². The second-order valence-corrected chi connectivity index (χ2v) is 5.88. The van der Waals surface area contributed by atoms with E-state index in [1.165, 1.54) is 0 Å². The van der Waals surface area contributed by atoms with E-state index in [2.05, 4.69) is 0 Å². The first-order valence-corrected chi connectivity index (χ1v) is 7.65. The number of aliphatic hydroxyl groups excluding tert-OH is 1. The van der Waals surface area contributed by atoms with Gasteiger partial charge >= 0.3 is 0 Å². The number of carbonyl (C=O) groups is 1. The lowest BCUT2D eigenvalue weighted by Crippen LogP contribution is -2.45. The lowest BCUT2D eigenvalue weighted by atomic mass is 10.2. The van der Waals surface area contributed by atoms with Crippen LogP contribution in [0.15, 0.2) is 18.2 Å². The van der Waals surface area contributed by atoms with Crippen molar-refractivity contribution >= 4 is 29.1 Å². The van der Waals surface area contributed by atoms with Crippen molar-refractivity contribution in [1.29, 1.82) is 0 Å². The molecule has 0 fully saturated rings. The van der Waals surface area contributed by atoms with Gasteiger partial charge in [-0.25, -0.2) is 0 Å². The van der Waals surface area contributed by atoms with Gasteiger partial charge in [0.1, 0.15) is 5.75 Å². The third-order valence-electron chi connectivity index (χ3n) is 3.01. The highest BCUT2D eigenvalue weighted by molar-refractivity contribution is 6.35. The van der Waals surface area contributed by atoms with E-state index in [4.69, 9.17) is 33.0 Å². The van der Waals surface area contributed by atoms with E-state index in [-0.39, 0.29) is 18.6 Å². The van der Waals surface area contributed by atoms with Crippen molar-refractivity contribution in [3.05, 3.63) is 28.2 Å². The molecule has 1 atom stereocenters. The number of amides is 1. The van der Waals surface area contributed by atoms with Crippen LogP contribution in [0.3, 0.4) is 0 Å². The second-order valence-electron chi connectivity index (χ2n) is 5.04. The topological polar surface area (TPSA) is 49.8 Å². The highest BCUT2D eigenvalue weighted by atomic mass is 35.5. The third kappa shape index (κ3) is 5.38. The molecule has 1 N–H and O–H groups in total. The number of hydrogen-bond donors (Lipinski definition) is 1. The monoisotopic (exact) mass is 333 g/mol. The van der Waals surface area contributed by atoms with Crippen LogP contribution in [-0.4, -0.2) is 41.2 Å². The minimum Gasteiger partial charge on any atom is -0.479 e. The Labute approximate surface area is 135 Å². The molecule has 4 nitrogen and oxygen atoms in total. The molecular weight excluding hydrogens is 313 g/mol. The van der Waals surface area contributed by atoms with Crippen LogP contribution in [0.5, 0.6) is 5.75 Å². The maximum absolute atomic E-state index is 12.4. The molecule has 0 heterocycles. The highest BCUT2D eigenvalue weighted by Crippen LogP contribution is 2.28. The predicted octanol–water partition coefficient (Wildman–Crippen LogP) is 3.38. The van der Waals surface area contributed by atoms with Crippen LogP contribution in [0.4, 0.5) is 0 Å². The number of aliphatic hydroxyl groups is 1. The number of halogens is 2. The van der Waals surface area contributed by atoms with Crippen LogP contribution in [0.25, 0.3) is 0 Å². The van der Waals surface area contributed by atoms with E-state index in [9.17, 15) is 4.79 Å². The number of ether oxygens (including phenoxy) is 1. The van der Waals surface area contributed by atoms with Crippen LogP contribution in [0.1, 0.15) is 27.2 Å². The summed E-state index contributed by atoms with van der Waals surface area (Å²) in [5.74, 6) is 0.289. The normalized spacial score (nSPS) is 12.3. The Morgan fingerprint density at radius 1 is 1.33 bits per heavy atom. The van der Waals surface area contributed by atoms with Gasteiger partial charge < -0.3 is 14.7 Å². The van der Waals surface area contributed by atoms with Gasteiger partial charge in [0, 0.05) is 24.2 Å². The fourth-order valence-corrected chi connectivity index (χ4v) is 2.36. The standard InChI is InChI=1S/C15H21Cl2NO3/c1-10(2)18(7-4-8-19)15(20)11(3)21-14-6-5-12(16)9-13(14)17/h5-6,9-11,19H,4,7-8H2,1-3H3. The maximum atomic E-state index is 12.4. The largest absolute Gasteiger partial charge is 0.479 e. The van der Waals surface area contributed by atoms with E-state index in [0.29, 0.717) is 28.8 Å². The number of carbonyl (C=O) groups excluding carboxylic acids is 1. The molecule has 1 rings (SSSR count). The molecule has 1 aromatic rings. The molecular formula is C15H21Cl2NO3. The third-order valence-corrected chi connectivity index (χ3v) is 3.54. The zero-order valence-corrected chi connectivity index (χ0v) is 14.0. The fraction of sp³-hybridized carbons (Fsp3) is 0.533. The summed E-state index contributed by atoms with van der Waals surface area (Å²) < 4.78 is 5.63. The first-order valence-electron chi connectivity index (χ1n) is 6.89. The van der Waals surface area contributed by atoms with Gasteiger partial charge in [0.05, 0.1) is 5.02 Å². The number of rotatable bonds is 7. The molecule has 0 aliphatic rings. The molecule has 0 aliphatic heterocycles. The van der Waals surface area contributed by atoms with Crippen molar-refractivity contribution in [2.75, 3.05) is 13.2 Å². The van der Waals surface area contributed by atoms with Gasteiger partial charge in [0.15, 0.2) is 6.10 Å². The minimum atomic E-state index is -0.662. The summed E-state index contributed by atoms with van der Waals surface area (Å²) in [4.78, 5) is 14.1. The number of benzene rings is 1. The van der Waals surface area contributed by atoms with Gasteiger partial charge in [-0.2, -0.15) is 0 Å². The summed E-state index contributed by atoms with van der Waals surface area (Å²) in [5, 5.41) is 9.80. The molecule has 0 saturated carbocycles. The Morgan fingerprint density at radius 2 is 2.00 bits per heavy atom. The van der Waals surface area contributed by atoms with E-state index in [0.717, 1.165) is 0 Å². The molecule has 21 heavy (non-hydrogen) atoms. The quantitative estimate of drug-likeness (QED) is 0.832. The average molecular weight is 334 g/mol. The highest BCUT2D eigenvalue weighted by Gasteiger charge is 2.24. The minimum absolute atomic E-state index is 0.0378. The van der Waals surface area contributed by atoms with E-state index in [1.54, 1.807) is 30.0 Å². The molecule has 1 amide bonds. The first kappa shape index (κ1) is 18.1. The predicted molar refractivity (Wildman–Crippen MR) is 85.1 cm³/mol. The molecule has 0 radical (unpaired) electrons. The SMILES string of the molecule is CC(Oc1ccc(Cl)cc1Cl)C(=O)N(CCCO)C(C)C. The van der Waals surface area contributed by atoms with Crippen LogP contribution < -0.4 is 4.74 Å². The van der Waals surface area contributed by atoms with Crippen molar-refractivity contribution in [2.45, 2.75) is 39.3 Å². The lowest BCUT2D eigenvalue weighted by molar-refractivity contribution is -0.139. The molecule has 0 aromatic heterocycles. The molecule has 0 spiro atoms. The molecule has 0 aliphatic carbocycles. The smallest absolute Gasteiger partial charge is 0.263 e. The van der Waals surface area contributed by atoms with Crippen molar-refractivity contribution in [3.63, 3.8) is 0 Å². The van der Waals surface area contributed by atoms with E-state index >= 15 is 0 Å². The van der Waals surface area contributed by atoms with Crippen LogP contribution in [0.2, 0.25) is 10.0 Å². The summed E-state index contributed by atoms with van der Waals surface area (Å²) in [6.45, 7) is 6.08. The van der Waals surface area contributed by atoms with Crippen molar-refractivity contribution in [1.82, 2.24) is 4.90 Å². The van der Waals surface area contributed by atoms with Crippen LogP contribution in [-0.2, 0) is 4.79 Å². The van der Waals surface area contributed by atoms with Crippen molar-refractivity contribution in [2.24, 2.45) is 0 Å². The van der Waals surface area contributed by atoms with Gasteiger partial charge in [0.2, 0.25) is 0 Å². The van der Waals surface area contributed by atoms with E-state index < -0.39 is 6.10 Å². The summed E-state index contributed by atoms with van der Waals surface area (Å²) in [5.41, 5.74) is 0. The van der Waals surface area contributed by atoms with Crippen molar-refractivity contribution < 1.29 is 14.6 Å². The maximum Gasteiger partial charge on any atom is 0.263 e. The summed E-state index contributed by atoms with van der Waals surface area (Å²) in [6.07, 6.45) is -0.122. The van der Waals surface area contributed by atoms with Gasteiger partial charge in [-0.05, 0) is 45.4 Å². The number of nitrogens with zero attached hydrogens (tertiary/aromatic N) is 1.